The van der Waals surface area contributed by atoms with Crippen LogP contribution in [-0.2, 0) is 22.0 Å². The molecule has 0 fully saturated rings. The third-order valence-corrected chi connectivity index (χ3v) is 5.58. The van der Waals surface area contributed by atoms with Gasteiger partial charge in [-0.1, -0.05) is 47.5 Å². The number of hydrogen-bond acceptors (Lipinski definition) is 2. The van der Waals surface area contributed by atoms with Crippen molar-refractivity contribution in [1.29, 1.82) is 0 Å². The van der Waals surface area contributed by atoms with Crippen molar-refractivity contribution in [3.05, 3.63) is 69.2 Å². The van der Waals surface area contributed by atoms with Gasteiger partial charge in [0.2, 0.25) is 10.0 Å². The lowest BCUT2D eigenvalue weighted by molar-refractivity contribution is -0.137. The van der Waals surface area contributed by atoms with E-state index < -0.39 is 33.6 Å². The first-order chi connectivity index (χ1) is 11.5. The van der Waals surface area contributed by atoms with Crippen LogP contribution in [0, 0.1) is 0 Å². The lowest BCUT2D eigenvalue weighted by Crippen LogP contribution is -2.28. The van der Waals surface area contributed by atoms with Crippen molar-refractivity contribution < 1.29 is 21.6 Å². The summed E-state index contributed by atoms with van der Waals surface area (Å²) >= 11 is 11.7. The van der Waals surface area contributed by atoms with E-state index in [0.717, 1.165) is 12.1 Å². The molecule has 0 radical (unpaired) electrons. The topological polar surface area (TPSA) is 46.2 Å². The van der Waals surface area contributed by atoms with Gasteiger partial charge < -0.3 is 0 Å². The van der Waals surface area contributed by atoms with Gasteiger partial charge in [0.05, 0.1) is 21.4 Å². The fraction of sp³-hybridized carbons (Fsp3) is 0.250. The van der Waals surface area contributed by atoms with Crippen LogP contribution < -0.4 is 4.72 Å². The fourth-order valence-corrected chi connectivity index (χ4v) is 3.90. The number of halogens is 5. The fourth-order valence-electron chi connectivity index (χ4n) is 2.22. The number of hydrogen-bond donors (Lipinski definition) is 1. The van der Waals surface area contributed by atoms with Crippen molar-refractivity contribution in [3.63, 3.8) is 0 Å². The van der Waals surface area contributed by atoms with E-state index in [9.17, 15) is 21.6 Å². The molecule has 1 N–H and O–H groups in total. The second-order valence-electron chi connectivity index (χ2n) is 5.47. The Balaban J connectivity index is 2.15. The van der Waals surface area contributed by atoms with Crippen LogP contribution in [0.15, 0.2) is 42.5 Å². The van der Waals surface area contributed by atoms with Gasteiger partial charge in [-0.05, 0) is 36.2 Å². The van der Waals surface area contributed by atoms with Crippen molar-refractivity contribution in [2.45, 2.75) is 24.9 Å². The van der Waals surface area contributed by atoms with E-state index in [1.165, 1.54) is 24.3 Å². The molecule has 0 heterocycles. The van der Waals surface area contributed by atoms with Crippen LogP contribution in [0.25, 0.3) is 0 Å². The van der Waals surface area contributed by atoms with E-state index in [0.29, 0.717) is 10.6 Å². The molecule has 25 heavy (non-hydrogen) atoms. The lowest BCUT2D eigenvalue weighted by atomic mass is 10.1. The molecule has 0 amide bonds. The molecule has 0 spiro atoms. The number of nitrogens with one attached hydrogen (secondary N) is 1. The zero-order valence-corrected chi connectivity index (χ0v) is 15.3. The monoisotopic (exact) mass is 411 g/mol. The summed E-state index contributed by atoms with van der Waals surface area (Å²) in [6, 6.07) is 8.29. The largest absolute Gasteiger partial charge is 0.416 e. The minimum Gasteiger partial charge on any atom is -0.212 e. The van der Waals surface area contributed by atoms with Crippen LogP contribution in [0.4, 0.5) is 13.2 Å². The summed E-state index contributed by atoms with van der Waals surface area (Å²) in [5, 5.41) is 0.618. The maximum Gasteiger partial charge on any atom is 0.416 e. The van der Waals surface area contributed by atoms with Gasteiger partial charge >= 0.3 is 6.18 Å². The third-order valence-electron chi connectivity index (χ3n) is 3.41. The minimum absolute atomic E-state index is 0.0451. The van der Waals surface area contributed by atoms with Crippen LogP contribution in [0.3, 0.4) is 0 Å². The van der Waals surface area contributed by atoms with Crippen molar-refractivity contribution in [3.8, 4) is 0 Å². The Morgan fingerprint density at radius 2 is 1.76 bits per heavy atom. The lowest BCUT2D eigenvalue weighted by Gasteiger charge is -2.16. The second kappa shape index (κ2) is 7.53. The Labute approximate surface area is 153 Å². The third kappa shape index (κ3) is 5.60. The van der Waals surface area contributed by atoms with E-state index in [4.69, 9.17) is 23.2 Å². The van der Waals surface area contributed by atoms with Crippen molar-refractivity contribution in [1.82, 2.24) is 4.72 Å². The van der Waals surface area contributed by atoms with Gasteiger partial charge in [-0.15, -0.1) is 0 Å². The Morgan fingerprint density at radius 3 is 2.36 bits per heavy atom. The van der Waals surface area contributed by atoms with Crippen LogP contribution in [-0.4, -0.2) is 8.42 Å². The first-order valence-corrected chi connectivity index (χ1v) is 9.50. The summed E-state index contributed by atoms with van der Waals surface area (Å²) in [4.78, 5) is 0. The van der Waals surface area contributed by atoms with Gasteiger partial charge in [-0.3, -0.25) is 0 Å². The van der Waals surface area contributed by atoms with Gasteiger partial charge in [-0.25, -0.2) is 13.1 Å². The molecule has 0 aromatic heterocycles. The molecule has 136 valence electrons. The average Bonchev–Trinajstić information content (AvgIpc) is 2.48. The molecule has 0 saturated heterocycles. The van der Waals surface area contributed by atoms with Crippen molar-refractivity contribution >= 4 is 33.2 Å². The zero-order chi connectivity index (χ0) is 18.8. The van der Waals surface area contributed by atoms with Gasteiger partial charge in [-0.2, -0.15) is 13.2 Å². The molecular weight excluding hydrogens is 398 g/mol. The Hall–Kier alpha value is -1.28. The highest BCUT2D eigenvalue weighted by Crippen LogP contribution is 2.30. The van der Waals surface area contributed by atoms with Crippen LogP contribution >= 0.6 is 23.2 Å². The SMILES string of the molecule is CC(NS(=O)(=O)Cc1cccc(C(F)(F)F)c1)c1ccc(Cl)c(Cl)c1. The zero-order valence-electron chi connectivity index (χ0n) is 12.9. The number of benzene rings is 2. The average molecular weight is 412 g/mol. The summed E-state index contributed by atoms with van der Waals surface area (Å²) in [7, 11) is -3.86. The van der Waals surface area contributed by atoms with E-state index in [1.54, 1.807) is 13.0 Å². The maximum absolute atomic E-state index is 12.7. The summed E-state index contributed by atoms with van der Waals surface area (Å²) in [6.07, 6.45) is -4.53. The highest BCUT2D eigenvalue weighted by atomic mass is 35.5. The summed E-state index contributed by atoms with van der Waals surface area (Å²) < 4.78 is 65.0. The van der Waals surface area contributed by atoms with Crippen molar-refractivity contribution in [2.75, 3.05) is 0 Å². The normalized spacial score (nSPS) is 13.7. The first-order valence-electron chi connectivity index (χ1n) is 7.09. The van der Waals surface area contributed by atoms with Gasteiger partial charge in [0.25, 0.3) is 0 Å². The molecule has 1 unspecified atom stereocenters. The highest BCUT2D eigenvalue weighted by molar-refractivity contribution is 7.88. The molecular formula is C16H14Cl2F3NO2S. The van der Waals surface area contributed by atoms with E-state index >= 15 is 0 Å². The molecule has 0 bridgehead atoms. The first kappa shape index (κ1) is 20.0. The Kier molecular flexibility index (Phi) is 6.04. The second-order valence-corrected chi connectivity index (χ2v) is 8.04. The van der Waals surface area contributed by atoms with Gasteiger partial charge in [0.1, 0.15) is 0 Å². The predicted octanol–water partition coefficient (Wildman–Crippen LogP) is 5.19. The molecule has 9 heteroatoms. The number of sulfonamides is 1. The van der Waals surface area contributed by atoms with E-state index in [2.05, 4.69) is 4.72 Å². The highest BCUT2D eigenvalue weighted by Gasteiger charge is 2.30. The molecule has 0 aliphatic rings. The Bertz CT molecular complexity index is 870. The van der Waals surface area contributed by atoms with E-state index in [1.807, 2.05) is 0 Å². The van der Waals surface area contributed by atoms with Gasteiger partial charge in [0, 0.05) is 6.04 Å². The standard InChI is InChI=1S/C16H14Cl2F3NO2S/c1-10(12-5-6-14(17)15(18)8-12)22-25(23,24)9-11-3-2-4-13(7-11)16(19,20)21/h2-8,10,22H,9H2,1H3. The summed E-state index contributed by atoms with van der Waals surface area (Å²) in [5.74, 6) is -0.567. The summed E-state index contributed by atoms with van der Waals surface area (Å²) in [6.45, 7) is 1.60. The maximum atomic E-state index is 12.7. The smallest absolute Gasteiger partial charge is 0.212 e. The summed E-state index contributed by atoms with van der Waals surface area (Å²) in [5.41, 5.74) is -0.261. The van der Waals surface area contributed by atoms with Crippen LogP contribution in [0.5, 0.6) is 0 Å². The molecule has 0 aliphatic carbocycles. The molecule has 3 nitrogen and oxygen atoms in total. The molecule has 0 aliphatic heterocycles. The predicted molar refractivity (Wildman–Crippen MR) is 92.1 cm³/mol. The minimum atomic E-state index is -4.53. The number of alkyl halides is 3. The quantitative estimate of drug-likeness (QED) is 0.735. The molecule has 2 aromatic carbocycles. The molecule has 2 rings (SSSR count). The van der Waals surface area contributed by atoms with E-state index in [-0.39, 0.29) is 10.6 Å². The number of rotatable bonds is 5. The Morgan fingerprint density at radius 1 is 1.08 bits per heavy atom. The van der Waals surface area contributed by atoms with Crippen LogP contribution in [0.2, 0.25) is 10.0 Å². The molecule has 2 aromatic rings. The van der Waals surface area contributed by atoms with Gasteiger partial charge in [0.15, 0.2) is 0 Å². The van der Waals surface area contributed by atoms with Crippen molar-refractivity contribution in [2.24, 2.45) is 0 Å². The van der Waals surface area contributed by atoms with Crippen LogP contribution in [0.1, 0.15) is 29.7 Å². The molecule has 1 atom stereocenters. The molecule has 0 saturated carbocycles.